The number of nitrogens with one attached hydrogen (secondary N) is 1. The van der Waals surface area contributed by atoms with E-state index in [-0.39, 0.29) is 24.3 Å². The van der Waals surface area contributed by atoms with E-state index in [0.29, 0.717) is 12.2 Å². The number of rotatable bonds is 4. The molecule has 1 heterocycles. The molecule has 0 aromatic heterocycles. The summed E-state index contributed by atoms with van der Waals surface area (Å²) in [5, 5.41) is -0.665. The summed E-state index contributed by atoms with van der Waals surface area (Å²) in [7, 11) is -6.67. The number of benzene rings is 1. The summed E-state index contributed by atoms with van der Waals surface area (Å²) in [6.45, 7) is 2.14. The van der Waals surface area contributed by atoms with Gasteiger partial charge in [0.2, 0.25) is 10.0 Å². The molecule has 1 aromatic rings. The van der Waals surface area contributed by atoms with Crippen LogP contribution < -0.4 is 10.5 Å². The molecule has 1 aromatic carbocycles. The lowest BCUT2D eigenvalue weighted by molar-refractivity contribution is 0.555. The average Bonchev–Trinajstić information content (AvgIpc) is 2.40. The first kappa shape index (κ1) is 16.3. The molecule has 8 heteroatoms. The molecule has 2 rings (SSSR count). The van der Waals surface area contributed by atoms with Gasteiger partial charge in [-0.3, -0.25) is 4.72 Å². The van der Waals surface area contributed by atoms with Crippen molar-refractivity contribution in [3.05, 3.63) is 29.3 Å². The molecule has 0 atom stereocenters. The maximum absolute atomic E-state index is 12.4. The number of anilines is 1. The number of nitrogens with two attached hydrogens (primary N) is 1. The lowest BCUT2D eigenvalue weighted by atomic mass is 10.1. The molecule has 1 fully saturated rings. The summed E-state index contributed by atoms with van der Waals surface area (Å²) in [5.74, 6) is -0.138. The molecule has 6 nitrogen and oxygen atoms in total. The van der Waals surface area contributed by atoms with Crippen molar-refractivity contribution in [2.24, 2.45) is 5.73 Å². The first-order valence-corrected chi connectivity index (χ1v) is 10.1. The Kier molecular flexibility index (Phi) is 4.60. The summed E-state index contributed by atoms with van der Waals surface area (Å²) < 4.78 is 50.1. The van der Waals surface area contributed by atoms with Gasteiger partial charge in [-0.05, 0) is 37.0 Å². The van der Waals surface area contributed by atoms with Crippen molar-refractivity contribution < 1.29 is 16.8 Å². The van der Waals surface area contributed by atoms with Crippen LogP contribution in [-0.2, 0) is 26.4 Å². The first-order valence-electron chi connectivity index (χ1n) is 6.75. The molecule has 118 valence electrons. The van der Waals surface area contributed by atoms with Crippen LogP contribution in [-0.4, -0.2) is 33.6 Å². The molecule has 1 saturated heterocycles. The number of hydrogen-bond acceptors (Lipinski definition) is 5. The van der Waals surface area contributed by atoms with Crippen molar-refractivity contribution >= 4 is 25.5 Å². The molecule has 0 unspecified atom stereocenters. The van der Waals surface area contributed by atoms with Crippen LogP contribution in [0.5, 0.6) is 0 Å². The molecule has 0 bridgehead atoms. The van der Waals surface area contributed by atoms with Gasteiger partial charge < -0.3 is 5.73 Å². The van der Waals surface area contributed by atoms with Gasteiger partial charge in [0.25, 0.3) is 0 Å². The molecule has 0 spiro atoms. The average molecular weight is 332 g/mol. The number of sulfonamides is 1. The summed E-state index contributed by atoms with van der Waals surface area (Å²) in [6.07, 6.45) is 0.292. The van der Waals surface area contributed by atoms with Crippen LogP contribution in [0, 0.1) is 6.92 Å². The van der Waals surface area contributed by atoms with E-state index in [1.54, 1.807) is 6.07 Å². The molecule has 3 N–H and O–H groups in total. The van der Waals surface area contributed by atoms with E-state index < -0.39 is 25.1 Å². The Morgan fingerprint density at radius 2 is 1.90 bits per heavy atom. The molecule has 0 radical (unpaired) electrons. The zero-order chi connectivity index (χ0) is 15.7. The molecule has 0 aliphatic carbocycles. The highest BCUT2D eigenvalue weighted by molar-refractivity contribution is 7.94. The minimum absolute atomic E-state index is 0.0690. The van der Waals surface area contributed by atoms with Crippen LogP contribution in [0.4, 0.5) is 5.69 Å². The van der Waals surface area contributed by atoms with Crippen LogP contribution in [0.25, 0.3) is 0 Å². The van der Waals surface area contributed by atoms with Gasteiger partial charge in [-0.25, -0.2) is 16.8 Å². The third-order valence-corrected chi connectivity index (χ3v) is 7.30. The highest BCUT2D eigenvalue weighted by Crippen LogP contribution is 2.24. The third-order valence-electron chi connectivity index (χ3n) is 3.73. The summed E-state index contributed by atoms with van der Waals surface area (Å²) >= 11 is 0. The van der Waals surface area contributed by atoms with Crippen molar-refractivity contribution in [2.75, 3.05) is 16.2 Å². The minimum Gasteiger partial charge on any atom is -0.326 e. The molecule has 21 heavy (non-hydrogen) atoms. The van der Waals surface area contributed by atoms with Crippen LogP contribution in [0.2, 0.25) is 0 Å². The molecule has 1 aliphatic heterocycles. The molecular weight excluding hydrogens is 312 g/mol. The van der Waals surface area contributed by atoms with Crippen molar-refractivity contribution in [1.29, 1.82) is 0 Å². The van der Waals surface area contributed by atoms with E-state index in [0.717, 1.165) is 11.1 Å². The predicted molar refractivity (Wildman–Crippen MR) is 83.3 cm³/mol. The fourth-order valence-electron chi connectivity index (χ4n) is 2.32. The molecular formula is C13H20N2O4S2. The number of sulfone groups is 1. The second-order valence-corrected chi connectivity index (χ2v) is 9.62. The third kappa shape index (κ3) is 3.96. The van der Waals surface area contributed by atoms with E-state index in [1.807, 2.05) is 19.1 Å². The molecule has 0 amide bonds. The zero-order valence-electron chi connectivity index (χ0n) is 11.9. The molecule has 1 aliphatic rings. The van der Waals surface area contributed by atoms with Gasteiger partial charge in [0.05, 0.1) is 22.4 Å². The summed E-state index contributed by atoms with van der Waals surface area (Å²) in [5.41, 5.74) is 7.71. The van der Waals surface area contributed by atoms with Crippen molar-refractivity contribution in [3.63, 3.8) is 0 Å². The Morgan fingerprint density at radius 1 is 1.29 bits per heavy atom. The van der Waals surface area contributed by atoms with Crippen LogP contribution in [0.15, 0.2) is 18.2 Å². The van der Waals surface area contributed by atoms with Gasteiger partial charge in [-0.2, -0.15) is 0 Å². The van der Waals surface area contributed by atoms with Crippen LogP contribution in [0.3, 0.4) is 0 Å². The van der Waals surface area contributed by atoms with Crippen LogP contribution >= 0.6 is 0 Å². The Bertz CT molecular complexity index is 713. The van der Waals surface area contributed by atoms with Gasteiger partial charge in [0.15, 0.2) is 0 Å². The van der Waals surface area contributed by atoms with E-state index in [2.05, 4.69) is 4.72 Å². The van der Waals surface area contributed by atoms with Gasteiger partial charge >= 0.3 is 0 Å². The lowest BCUT2D eigenvalue weighted by Crippen LogP contribution is -2.36. The topological polar surface area (TPSA) is 106 Å². The zero-order valence-corrected chi connectivity index (χ0v) is 13.5. The van der Waals surface area contributed by atoms with E-state index >= 15 is 0 Å². The maximum atomic E-state index is 12.4. The Morgan fingerprint density at radius 3 is 2.48 bits per heavy atom. The highest BCUT2D eigenvalue weighted by atomic mass is 32.2. The Balaban J connectivity index is 2.18. The standard InChI is InChI=1S/C13H20N2O4S2/c1-10-2-3-11(9-14)8-13(10)15-21(18,19)12-4-6-20(16,17)7-5-12/h2-3,8,12,15H,4-7,9,14H2,1H3. The largest absolute Gasteiger partial charge is 0.326 e. The highest BCUT2D eigenvalue weighted by Gasteiger charge is 2.32. The fraction of sp³-hybridized carbons (Fsp3) is 0.538. The monoisotopic (exact) mass is 332 g/mol. The second-order valence-electron chi connectivity index (χ2n) is 5.35. The Hall–Kier alpha value is -1.12. The van der Waals surface area contributed by atoms with E-state index in [4.69, 9.17) is 5.73 Å². The Labute approximate surface area is 125 Å². The van der Waals surface area contributed by atoms with Crippen molar-refractivity contribution in [1.82, 2.24) is 0 Å². The summed E-state index contributed by atoms with van der Waals surface area (Å²) in [4.78, 5) is 0. The number of hydrogen-bond donors (Lipinski definition) is 2. The minimum atomic E-state index is -3.59. The van der Waals surface area contributed by atoms with E-state index in [9.17, 15) is 16.8 Å². The van der Waals surface area contributed by atoms with Gasteiger partial charge in [-0.15, -0.1) is 0 Å². The van der Waals surface area contributed by atoms with Crippen LogP contribution in [0.1, 0.15) is 24.0 Å². The van der Waals surface area contributed by atoms with E-state index in [1.165, 1.54) is 0 Å². The van der Waals surface area contributed by atoms with Crippen molar-refractivity contribution in [3.8, 4) is 0 Å². The smallest absolute Gasteiger partial charge is 0.235 e. The fourth-order valence-corrected chi connectivity index (χ4v) is 5.66. The first-order chi connectivity index (χ1) is 9.73. The van der Waals surface area contributed by atoms with Gasteiger partial charge in [0.1, 0.15) is 9.84 Å². The molecule has 0 saturated carbocycles. The summed E-state index contributed by atoms with van der Waals surface area (Å²) in [6, 6.07) is 5.37. The van der Waals surface area contributed by atoms with Crippen molar-refractivity contribution in [2.45, 2.75) is 31.6 Å². The maximum Gasteiger partial charge on any atom is 0.235 e. The number of aryl methyl sites for hydroxylation is 1. The SMILES string of the molecule is Cc1ccc(CN)cc1NS(=O)(=O)C1CCS(=O)(=O)CC1. The quantitative estimate of drug-likeness (QED) is 0.847. The van der Waals surface area contributed by atoms with Gasteiger partial charge in [0, 0.05) is 6.54 Å². The normalized spacial score (nSPS) is 19.3. The van der Waals surface area contributed by atoms with Gasteiger partial charge in [-0.1, -0.05) is 12.1 Å². The lowest BCUT2D eigenvalue weighted by Gasteiger charge is -2.23. The predicted octanol–water partition coefficient (Wildman–Crippen LogP) is 0.773. The second kappa shape index (κ2) is 5.94.